The van der Waals surface area contributed by atoms with E-state index in [-0.39, 0.29) is 12.1 Å². The van der Waals surface area contributed by atoms with Gasteiger partial charge in [0.15, 0.2) is 0 Å². The lowest BCUT2D eigenvalue weighted by Crippen LogP contribution is -2.29. The van der Waals surface area contributed by atoms with E-state index >= 15 is 0 Å². The van der Waals surface area contributed by atoms with Crippen molar-refractivity contribution in [1.29, 1.82) is 0 Å². The van der Waals surface area contributed by atoms with Gasteiger partial charge in [0, 0.05) is 6.54 Å². The maximum Gasteiger partial charge on any atom is 0.324 e. The summed E-state index contributed by atoms with van der Waals surface area (Å²) in [5.74, 6) is 1.93. The minimum Gasteiger partial charge on any atom is -0.467 e. The molecule has 3 atom stereocenters. The van der Waals surface area contributed by atoms with Crippen molar-refractivity contribution in [2.45, 2.75) is 46.1 Å². The fourth-order valence-corrected chi connectivity index (χ4v) is 2.47. The number of nitrogens with one attached hydrogen (secondary N) is 1. The lowest BCUT2D eigenvalue weighted by atomic mass is 9.80. The Kier molecular flexibility index (Phi) is 4.98. The fraction of sp³-hybridized carbons (Fsp3) is 0.786. The summed E-state index contributed by atoms with van der Waals surface area (Å²) in [6.07, 6.45) is 3.47. The first-order valence-corrected chi connectivity index (χ1v) is 7.33. The topological polar surface area (TPSA) is 69.2 Å². The van der Waals surface area contributed by atoms with Crippen LogP contribution in [0.4, 0.5) is 5.95 Å². The highest BCUT2D eigenvalue weighted by Crippen LogP contribution is 2.31. The highest BCUT2D eigenvalue weighted by atomic mass is 16.5. The van der Waals surface area contributed by atoms with Gasteiger partial charge in [0.25, 0.3) is 0 Å². The van der Waals surface area contributed by atoms with Crippen LogP contribution in [0.5, 0.6) is 12.0 Å². The smallest absolute Gasteiger partial charge is 0.324 e. The van der Waals surface area contributed by atoms with Crippen LogP contribution in [0.1, 0.15) is 40.0 Å². The predicted molar refractivity (Wildman–Crippen MR) is 77.1 cm³/mol. The van der Waals surface area contributed by atoms with Crippen LogP contribution in [0, 0.1) is 11.8 Å². The zero-order chi connectivity index (χ0) is 14.5. The van der Waals surface area contributed by atoms with Crippen LogP contribution in [-0.2, 0) is 0 Å². The molecule has 1 aromatic heterocycles. The minimum atomic E-state index is 0.183. The molecule has 0 saturated heterocycles. The predicted octanol–water partition coefficient (Wildman–Crippen LogP) is 2.52. The summed E-state index contributed by atoms with van der Waals surface area (Å²) in [6, 6.07) is 0.628. The van der Waals surface area contributed by atoms with Crippen LogP contribution < -0.4 is 14.8 Å². The summed E-state index contributed by atoms with van der Waals surface area (Å²) in [5, 5.41) is 3.05. The molecule has 1 aromatic rings. The van der Waals surface area contributed by atoms with E-state index in [2.05, 4.69) is 34.1 Å². The van der Waals surface area contributed by atoms with Crippen molar-refractivity contribution in [2.24, 2.45) is 11.8 Å². The van der Waals surface area contributed by atoms with Gasteiger partial charge < -0.3 is 14.8 Å². The SMILES string of the molecule is CCNc1nc(OC)nc(OC2CCC(C)C(C)C2)n1. The minimum absolute atomic E-state index is 0.183. The van der Waals surface area contributed by atoms with Crippen LogP contribution >= 0.6 is 0 Å². The van der Waals surface area contributed by atoms with E-state index in [0.29, 0.717) is 17.9 Å². The molecule has 0 bridgehead atoms. The molecule has 6 nitrogen and oxygen atoms in total. The number of anilines is 1. The zero-order valence-electron chi connectivity index (χ0n) is 12.7. The van der Waals surface area contributed by atoms with Crippen LogP contribution in [-0.4, -0.2) is 34.7 Å². The third-order valence-corrected chi connectivity index (χ3v) is 3.93. The van der Waals surface area contributed by atoms with Gasteiger partial charge in [-0.05, 0) is 38.0 Å². The Morgan fingerprint density at radius 2 is 1.85 bits per heavy atom. The maximum atomic E-state index is 5.92. The van der Waals surface area contributed by atoms with Gasteiger partial charge in [0.05, 0.1) is 7.11 Å². The van der Waals surface area contributed by atoms with E-state index in [1.54, 1.807) is 7.11 Å². The van der Waals surface area contributed by atoms with Crippen LogP contribution in [0.15, 0.2) is 0 Å². The molecule has 112 valence electrons. The molecule has 1 aliphatic carbocycles. The second-order valence-electron chi connectivity index (χ2n) is 5.47. The van der Waals surface area contributed by atoms with Gasteiger partial charge in [-0.3, -0.25) is 0 Å². The van der Waals surface area contributed by atoms with Crippen molar-refractivity contribution in [3.8, 4) is 12.0 Å². The first-order chi connectivity index (χ1) is 9.62. The lowest BCUT2D eigenvalue weighted by molar-refractivity contribution is 0.0909. The van der Waals surface area contributed by atoms with E-state index in [0.717, 1.165) is 25.3 Å². The van der Waals surface area contributed by atoms with E-state index in [1.807, 2.05) is 6.92 Å². The number of aromatic nitrogens is 3. The molecule has 0 spiro atoms. The molecule has 0 aromatic carbocycles. The van der Waals surface area contributed by atoms with Gasteiger partial charge in [-0.25, -0.2) is 0 Å². The molecule has 20 heavy (non-hydrogen) atoms. The highest BCUT2D eigenvalue weighted by molar-refractivity contribution is 5.27. The number of ether oxygens (including phenoxy) is 2. The average molecular weight is 280 g/mol. The standard InChI is InChI=1S/C14H24N4O2/c1-5-15-12-16-13(19-4)18-14(17-12)20-11-7-6-9(2)10(3)8-11/h9-11H,5-8H2,1-4H3,(H,15,16,17,18). The molecule has 6 heteroatoms. The van der Waals surface area contributed by atoms with Gasteiger partial charge in [-0.1, -0.05) is 13.8 Å². The van der Waals surface area contributed by atoms with Gasteiger partial charge >= 0.3 is 12.0 Å². The molecule has 1 fully saturated rings. The van der Waals surface area contributed by atoms with Crippen LogP contribution in [0.2, 0.25) is 0 Å². The Hall–Kier alpha value is -1.59. The van der Waals surface area contributed by atoms with Crippen molar-refractivity contribution in [3.63, 3.8) is 0 Å². The fourth-order valence-electron chi connectivity index (χ4n) is 2.47. The highest BCUT2D eigenvalue weighted by Gasteiger charge is 2.26. The molecule has 1 saturated carbocycles. The van der Waals surface area contributed by atoms with Crippen molar-refractivity contribution in [2.75, 3.05) is 19.0 Å². The summed E-state index contributed by atoms with van der Waals surface area (Å²) in [6.45, 7) is 7.31. The number of hydrogen-bond donors (Lipinski definition) is 1. The lowest BCUT2D eigenvalue weighted by Gasteiger charge is -2.31. The average Bonchev–Trinajstić information content (AvgIpc) is 2.43. The molecule has 2 rings (SSSR count). The normalized spacial score (nSPS) is 26.1. The second-order valence-corrected chi connectivity index (χ2v) is 5.47. The monoisotopic (exact) mass is 280 g/mol. The van der Waals surface area contributed by atoms with E-state index in [4.69, 9.17) is 9.47 Å². The number of nitrogens with zero attached hydrogens (tertiary/aromatic N) is 3. The van der Waals surface area contributed by atoms with Crippen molar-refractivity contribution in [3.05, 3.63) is 0 Å². The van der Waals surface area contributed by atoms with Crippen molar-refractivity contribution in [1.82, 2.24) is 15.0 Å². The Morgan fingerprint density at radius 1 is 1.10 bits per heavy atom. The van der Waals surface area contributed by atoms with Gasteiger partial charge in [-0.2, -0.15) is 9.97 Å². The van der Waals surface area contributed by atoms with Crippen molar-refractivity contribution >= 4 is 5.95 Å². The van der Waals surface area contributed by atoms with Crippen LogP contribution in [0.3, 0.4) is 0 Å². The molecule has 0 amide bonds. The summed E-state index contributed by atoms with van der Waals surface area (Å²) < 4.78 is 11.0. The van der Waals surface area contributed by atoms with Gasteiger partial charge in [-0.15, -0.1) is 4.98 Å². The third-order valence-electron chi connectivity index (χ3n) is 3.93. The first kappa shape index (κ1) is 14.8. The molecular formula is C14H24N4O2. The molecule has 0 aliphatic heterocycles. The maximum absolute atomic E-state index is 5.92. The number of methoxy groups -OCH3 is 1. The molecular weight excluding hydrogens is 256 g/mol. The van der Waals surface area contributed by atoms with E-state index < -0.39 is 0 Å². The van der Waals surface area contributed by atoms with Gasteiger partial charge in [0.2, 0.25) is 5.95 Å². The summed E-state index contributed by atoms with van der Waals surface area (Å²) in [7, 11) is 1.54. The van der Waals surface area contributed by atoms with Gasteiger partial charge in [0.1, 0.15) is 6.10 Å². The van der Waals surface area contributed by atoms with E-state index in [9.17, 15) is 0 Å². The molecule has 0 radical (unpaired) electrons. The molecule has 1 aliphatic rings. The Bertz CT molecular complexity index is 441. The summed E-state index contributed by atoms with van der Waals surface area (Å²) in [5.41, 5.74) is 0. The number of hydrogen-bond acceptors (Lipinski definition) is 6. The molecule has 1 heterocycles. The Labute approximate surface area is 120 Å². The second kappa shape index (κ2) is 6.72. The quantitative estimate of drug-likeness (QED) is 0.893. The molecule has 3 unspecified atom stereocenters. The Balaban J connectivity index is 2.06. The van der Waals surface area contributed by atoms with Crippen molar-refractivity contribution < 1.29 is 9.47 Å². The Morgan fingerprint density at radius 3 is 2.50 bits per heavy atom. The zero-order valence-corrected chi connectivity index (χ0v) is 12.7. The number of rotatable bonds is 5. The molecule has 1 N–H and O–H groups in total. The largest absolute Gasteiger partial charge is 0.467 e. The van der Waals surface area contributed by atoms with E-state index in [1.165, 1.54) is 6.42 Å². The summed E-state index contributed by atoms with van der Waals surface area (Å²) >= 11 is 0. The summed E-state index contributed by atoms with van der Waals surface area (Å²) in [4.78, 5) is 12.6. The van der Waals surface area contributed by atoms with Crippen LogP contribution in [0.25, 0.3) is 0 Å². The first-order valence-electron chi connectivity index (χ1n) is 7.33. The third kappa shape index (κ3) is 3.71.